The van der Waals surface area contributed by atoms with Gasteiger partial charge in [-0.15, -0.1) is 0 Å². The Balaban J connectivity index is 1.55. The zero-order chi connectivity index (χ0) is 27.5. The molecule has 0 fully saturated rings. The summed E-state index contributed by atoms with van der Waals surface area (Å²) in [5, 5.41) is 13.5. The summed E-state index contributed by atoms with van der Waals surface area (Å²) in [7, 11) is 0. The zero-order valence-electron chi connectivity index (χ0n) is 21.0. The normalized spacial score (nSPS) is 11.9. The van der Waals surface area contributed by atoms with Crippen LogP contribution >= 0.6 is 11.6 Å². The zero-order valence-corrected chi connectivity index (χ0v) is 21.8. The molecule has 196 valence electrons. The molecule has 5 aromatic rings. The SMILES string of the molecule is CCCC(NC(=O)c1ccc(-c2cc(Cl)ccc2-c2nc3c(F)cccc3[nH]2)c(C(=O)O)c1)c1ccccc1. The van der Waals surface area contributed by atoms with Crippen LogP contribution in [-0.4, -0.2) is 27.0 Å². The van der Waals surface area contributed by atoms with Gasteiger partial charge in [-0.3, -0.25) is 4.79 Å². The van der Waals surface area contributed by atoms with Crippen molar-refractivity contribution in [2.75, 3.05) is 0 Å². The number of carbonyl (C=O) groups excluding carboxylic acids is 1. The van der Waals surface area contributed by atoms with Crippen LogP contribution < -0.4 is 5.32 Å². The number of H-pyrrole nitrogens is 1. The lowest BCUT2D eigenvalue weighted by Gasteiger charge is -2.19. The fourth-order valence-electron chi connectivity index (χ4n) is 4.71. The second-order valence-electron chi connectivity index (χ2n) is 9.20. The van der Waals surface area contributed by atoms with Gasteiger partial charge >= 0.3 is 5.97 Å². The van der Waals surface area contributed by atoms with E-state index in [1.165, 1.54) is 12.1 Å². The van der Waals surface area contributed by atoms with Crippen molar-refractivity contribution in [3.63, 3.8) is 0 Å². The van der Waals surface area contributed by atoms with Crippen LogP contribution in [0.15, 0.2) is 84.9 Å². The number of aromatic carboxylic acids is 1. The van der Waals surface area contributed by atoms with Crippen molar-refractivity contribution >= 4 is 34.5 Å². The predicted molar refractivity (Wildman–Crippen MR) is 150 cm³/mol. The van der Waals surface area contributed by atoms with Gasteiger partial charge in [-0.2, -0.15) is 0 Å². The molecule has 0 radical (unpaired) electrons. The van der Waals surface area contributed by atoms with E-state index in [0.717, 1.165) is 18.4 Å². The number of para-hydroxylation sites is 1. The van der Waals surface area contributed by atoms with E-state index in [0.29, 0.717) is 33.1 Å². The Morgan fingerprint density at radius 3 is 2.46 bits per heavy atom. The minimum Gasteiger partial charge on any atom is -0.478 e. The van der Waals surface area contributed by atoms with Gasteiger partial charge in [-0.25, -0.2) is 14.2 Å². The van der Waals surface area contributed by atoms with Gasteiger partial charge in [0.1, 0.15) is 11.3 Å². The number of benzene rings is 4. The molecule has 1 atom stereocenters. The van der Waals surface area contributed by atoms with Gasteiger partial charge in [0.2, 0.25) is 0 Å². The van der Waals surface area contributed by atoms with E-state index in [-0.39, 0.29) is 28.6 Å². The smallest absolute Gasteiger partial charge is 0.336 e. The first-order valence-corrected chi connectivity index (χ1v) is 12.9. The summed E-state index contributed by atoms with van der Waals surface area (Å²) < 4.78 is 14.3. The third kappa shape index (κ3) is 5.40. The maximum atomic E-state index is 14.3. The van der Waals surface area contributed by atoms with Crippen LogP contribution in [0.4, 0.5) is 4.39 Å². The van der Waals surface area contributed by atoms with Gasteiger partial charge in [-0.05, 0) is 65.6 Å². The van der Waals surface area contributed by atoms with E-state index >= 15 is 0 Å². The Bertz CT molecular complexity index is 1680. The van der Waals surface area contributed by atoms with Crippen molar-refractivity contribution < 1.29 is 19.1 Å². The standard InChI is InChI=1S/C31H25ClFN3O3/c1-2-7-26(18-8-4-3-5-9-18)35-30(37)19-12-14-21(24(16-19)31(38)39)23-17-20(32)13-15-22(23)29-34-27-11-6-10-25(33)28(27)36-29/h3-6,8-17,26H,2,7H2,1H3,(H,34,36)(H,35,37)(H,38,39). The number of aromatic amines is 1. The monoisotopic (exact) mass is 541 g/mol. The van der Waals surface area contributed by atoms with Crippen LogP contribution in [0.25, 0.3) is 33.5 Å². The highest BCUT2D eigenvalue weighted by Crippen LogP contribution is 2.36. The van der Waals surface area contributed by atoms with Gasteiger partial charge in [0.05, 0.1) is 17.1 Å². The molecule has 0 aliphatic heterocycles. The first-order valence-electron chi connectivity index (χ1n) is 12.5. The molecule has 3 N–H and O–H groups in total. The fraction of sp³-hybridized carbons (Fsp3) is 0.129. The number of carboxylic acid groups (broad SMARTS) is 1. The number of carboxylic acids is 1. The Labute approximate surface area is 229 Å². The molecule has 0 saturated carbocycles. The molecule has 1 amide bonds. The number of amides is 1. The number of halogens is 2. The molecule has 6 nitrogen and oxygen atoms in total. The molecule has 39 heavy (non-hydrogen) atoms. The van der Waals surface area contributed by atoms with Gasteiger partial charge in [0.25, 0.3) is 5.91 Å². The molecule has 1 aromatic heterocycles. The first kappa shape index (κ1) is 26.1. The molecule has 5 rings (SSSR count). The van der Waals surface area contributed by atoms with Crippen LogP contribution in [0.5, 0.6) is 0 Å². The van der Waals surface area contributed by atoms with Crippen molar-refractivity contribution in [3.8, 4) is 22.5 Å². The molecule has 1 unspecified atom stereocenters. The Hall–Kier alpha value is -4.49. The lowest BCUT2D eigenvalue weighted by atomic mass is 9.93. The van der Waals surface area contributed by atoms with Crippen LogP contribution in [0.3, 0.4) is 0 Å². The van der Waals surface area contributed by atoms with Crippen molar-refractivity contribution in [2.45, 2.75) is 25.8 Å². The molecule has 4 aromatic carbocycles. The van der Waals surface area contributed by atoms with Crippen LogP contribution in [0, 0.1) is 5.82 Å². The first-order chi connectivity index (χ1) is 18.9. The Kier molecular flexibility index (Phi) is 7.43. The second-order valence-corrected chi connectivity index (χ2v) is 9.64. The minimum atomic E-state index is -1.20. The number of fused-ring (bicyclic) bond motifs is 1. The molecular formula is C31H25ClFN3O3. The van der Waals surface area contributed by atoms with E-state index in [2.05, 4.69) is 15.3 Å². The number of imidazole rings is 1. The number of carbonyl (C=O) groups is 2. The molecule has 0 aliphatic carbocycles. The van der Waals surface area contributed by atoms with Crippen molar-refractivity contribution in [2.24, 2.45) is 0 Å². The summed E-state index contributed by atoms with van der Waals surface area (Å²) in [6.07, 6.45) is 1.60. The predicted octanol–water partition coefficient (Wildman–Crippen LogP) is 7.66. The molecule has 1 heterocycles. The minimum absolute atomic E-state index is 0.0692. The fourth-order valence-corrected chi connectivity index (χ4v) is 4.88. The molecule has 8 heteroatoms. The third-order valence-electron chi connectivity index (χ3n) is 6.59. The third-order valence-corrected chi connectivity index (χ3v) is 6.82. The lowest BCUT2D eigenvalue weighted by Crippen LogP contribution is -2.28. The van der Waals surface area contributed by atoms with Gasteiger partial charge in [0, 0.05) is 16.1 Å². The topological polar surface area (TPSA) is 95.1 Å². The van der Waals surface area contributed by atoms with E-state index in [1.54, 1.807) is 42.5 Å². The van der Waals surface area contributed by atoms with Crippen molar-refractivity contribution in [1.29, 1.82) is 0 Å². The largest absolute Gasteiger partial charge is 0.478 e. The summed E-state index contributed by atoms with van der Waals surface area (Å²) in [5.74, 6) is -1.67. The summed E-state index contributed by atoms with van der Waals surface area (Å²) in [5.41, 5.74) is 3.21. The number of nitrogens with zero attached hydrogens (tertiary/aromatic N) is 1. The number of hydrogen-bond acceptors (Lipinski definition) is 3. The van der Waals surface area contributed by atoms with E-state index in [9.17, 15) is 19.1 Å². The van der Waals surface area contributed by atoms with E-state index < -0.39 is 11.8 Å². The van der Waals surface area contributed by atoms with Crippen molar-refractivity contribution in [3.05, 3.63) is 112 Å². The molecule has 0 spiro atoms. The maximum absolute atomic E-state index is 14.3. The molecule has 0 aliphatic rings. The Morgan fingerprint density at radius 1 is 0.974 bits per heavy atom. The van der Waals surface area contributed by atoms with Crippen molar-refractivity contribution in [1.82, 2.24) is 15.3 Å². The van der Waals surface area contributed by atoms with Crippen LogP contribution in [-0.2, 0) is 0 Å². The van der Waals surface area contributed by atoms with Gasteiger partial charge < -0.3 is 15.4 Å². The summed E-state index contributed by atoms with van der Waals surface area (Å²) in [6.45, 7) is 2.04. The molecule has 0 saturated heterocycles. The van der Waals surface area contributed by atoms with Gasteiger partial charge in [-0.1, -0.05) is 67.4 Å². The highest BCUT2D eigenvalue weighted by molar-refractivity contribution is 6.31. The van der Waals surface area contributed by atoms with Gasteiger partial charge in [0.15, 0.2) is 5.82 Å². The highest BCUT2D eigenvalue weighted by Gasteiger charge is 2.22. The summed E-state index contributed by atoms with van der Waals surface area (Å²) >= 11 is 6.31. The second kappa shape index (κ2) is 11.1. The van der Waals surface area contributed by atoms with Crippen LogP contribution in [0.2, 0.25) is 5.02 Å². The van der Waals surface area contributed by atoms with E-state index in [4.69, 9.17) is 11.6 Å². The quantitative estimate of drug-likeness (QED) is 0.188. The number of nitrogens with one attached hydrogen (secondary N) is 2. The number of rotatable bonds is 8. The molecule has 0 bridgehead atoms. The average Bonchev–Trinajstić information content (AvgIpc) is 3.38. The number of aromatic nitrogens is 2. The van der Waals surface area contributed by atoms with Crippen LogP contribution in [0.1, 0.15) is 52.1 Å². The highest BCUT2D eigenvalue weighted by atomic mass is 35.5. The average molecular weight is 542 g/mol. The van der Waals surface area contributed by atoms with E-state index in [1.807, 2.05) is 37.3 Å². The summed E-state index contributed by atoms with van der Waals surface area (Å²) in [4.78, 5) is 33.1. The Morgan fingerprint density at radius 2 is 1.74 bits per heavy atom. The number of hydrogen-bond donors (Lipinski definition) is 3. The molecular weight excluding hydrogens is 517 g/mol. The maximum Gasteiger partial charge on any atom is 0.336 e. The lowest BCUT2D eigenvalue weighted by molar-refractivity contribution is 0.0697. The summed E-state index contributed by atoms with van der Waals surface area (Å²) in [6, 6.07) is 23.6.